The van der Waals surface area contributed by atoms with E-state index in [1.165, 1.54) is 0 Å². The molecule has 2 aromatic heterocycles. The fraction of sp³-hybridized carbons (Fsp3) is 0.350. The SMILES string of the molecule is Cc1ccc([C@@H](Cn2ccnc2-c2cccc(O)c2)N2CCOCC2)o1. The first kappa shape index (κ1) is 16.9. The highest BCUT2D eigenvalue weighted by molar-refractivity contribution is 5.57. The van der Waals surface area contributed by atoms with Crippen LogP contribution in [0.1, 0.15) is 17.6 Å². The second-order valence-electron chi connectivity index (χ2n) is 6.57. The van der Waals surface area contributed by atoms with Crippen LogP contribution in [0.4, 0.5) is 0 Å². The van der Waals surface area contributed by atoms with Gasteiger partial charge in [-0.05, 0) is 31.2 Å². The van der Waals surface area contributed by atoms with Crippen LogP contribution in [0.25, 0.3) is 11.4 Å². The fourth-order valence-electron chi connectivity index (χ4n) is 3.46. The van der Waals surface area contributed by atoms with Gasteiger partial charge in [0, 0.05) is 37.6 Å². The molecule has 1 aliphatic heterocycles. The van der Waals surface area contributed by atoms with Crippen molar-refractivity contribution < 1.29 is 14.3 Å². The number of morpholine rings is 1. The molecule has 3 heterocycles. The number of nitrogens with zero attached hydrogens (tertiary/aromatic N) is 3. The minimum absolute atomic E-state index is 0.109. The Morgan fingerprint density at radius 3 is 2.77 bits per heavy atom. The summed E-state index contributed by atoms with van der Waals surface area (Å²) in [7, 11) is 0. The Labute approximate surface area is 152 Å². The van der Waals surface area contributed by atoms with Crippen LogP contribution < -0.4 is 0 Å². The average molecular weight is 353 g/mol. The van der Waals surface area contributed by atoms with Crippen molar-refractivity contribution in [2.45, 2.75) is 19.5 Å². The number of hydrogen-bond acceptors (Lipinski definition) is 5. The molecule has 4 rings (SSSR count). The molecule has 0 spiro atoms. The van der Waals surface area contributed by atoms with Gasteiger partial charge in [0.25, 0.3) is 0 Å². The molecule has 1 aliphatic rings. The van der Waals surface area contributed by atoms with Gasteiger partial charge >= 0.3 is 0 Å². The van der Waals surface area contributed by atoms with Crippen LogP contribution in [0.3, 0.4) is 0 Å². The van der Waals surface area contributed by atoms with Gasteiger partial charge in [-0.2, -0.15) is 0 Å². The van der Waals surface area contributed by atoms with Crippen LogP contribution in [-0.4, -0.2) is 45.9 Å². The number of aryl methyl sites for hydroxylation is 1. The predicted octanol–water partition coefficient (Wildman–Crippen LogP) is 3.23. The van der Waals surface area contributed by atoms with Crippen LogP contribution in [0.15, 0.2) is 53.2 Å². The summed E-state index contributed by atoms with van der Waals surface area (Å²) in [6.07, 6.45) is 3.77. The lowest BCUT2D eigenvalue weighted by atomic mass is 10.1. The molecular formula is C20H23N3O3. The third-order valence-electron chi connectivity index (χ3n) is 4.77. The lowest BCUT2D eigenvalue weighted by Crippen LogP contribution is -2.40. The van der Waals surface area contributed by atoms with Crippen molar-refractivity contribution in [3.8, 4) is 17.1 Å². The summed E-state index contributed by atoms with van der Waals surface area (Å²) in [5.74, 6) is 2.95. The third-order valence-corrected chi connectivity index (χ3v) is 4.77. The maximum atomic E-state index is 9.80. The summed E-state index contributed by atoms with van der Waals surface area (Å²) in [5, 5.41) is 9.80. The van der Waals surface area contributed by atoms with Crippen molar-refractivity contribution >= 4 is 0 Å². The van der Waals surface area contributed by atoms with Gasteiger partial charge < -0.3 is 18.8 Å². The Hall–Kier alpha value is -2.57. The molecule has 0 saturated carbocycles. The van der Waals surface area contributed by atoms with Gasteiger partial charge in [0.15, 0.2) is 0 Å². The van der Waals surface area contributed by atoms with E-state index in [1.807, 2.05) is 31.3 Å². The Bertz CT molecular complexity index is 865. The second kappa shape index (κ2) is 7.35. The van der Waals surface area contributed by atoms with Crippen molar-refractivity contribution in [3.05, 3.63) is 60.3 Å². The Kier molecular flexibility index (Phi) is 4.77. The molecule has 1 atom stereocenters. The zero-order valence-electron chi connectivity index (χ0n) is 14.8. The number of rotatable bonds is 5. The van der Waals surface area contributed by atoms with Crippen molar-refractivity contribution in [3.63, 3.8) is 0 Å². The van der Waals surface area contributed by atoms with Crippen LogP contribution in [0, 0.1) is 6.92 Å². The lowest BCUT2D eigenvalue weighted by Gasteiger charge is -2.33. The molecule has 26 heavy (non-hydrogen) atoms. The number of hydrogen-bond donors (Lipinski definition) is 1. The number of benzene rings is 1. The van der Waals surface area contributed by atoms with Crippen LogP contribution in [0.5, 0.6) is 5.75 Å². The summed E-state index contributed by atoms with van der Waals surface area (Å²) in [4.78, 5) is 6.90. The van der Waals surface area contributed by atoms with Gasteiger partial charge in [-0.1, -0.05) is 12.1 Å². The second-order valence-corrected chi connectivity index (χ2v) is 6.57. The topological polar surface area (TPSA) is 63.7 Å². The minimum atomic E-state index is 0.109. The molecule has 1 fully saturated rings. The monoisotopic (exact) mass is 353 g/mol. The van der Waals surface area contributed by atoms with Crippen LogP contribution >= 0.6 is 0 Å². The number of ether oxygens (including phenoxy) is 1. The highest BCUT2D eigenvalue weighted by atomic mass is 16.5. The molecule has 0 amide bonds. The quantitative estimate of drug-likeness (QED) is 0.763. The molecular weight excluding hydrogens is 330 g/mol. The molecule has 1 aromatic carbocycles. The predicted molar refractivity (Wildman–Crippen MR) is 97.9 cm³/mol. The van der Waals surface area contributed by atoms with Crippen molar-refractivity contribution in [2.24, 2.45) is 0 Å². The molecule has 136 valence electrons. The van der Waals surface area contributed by atoms with E-state index in [2.05, 4.69) is 20.5 Å². The fourth-order valence-corrected chi connectivity index (χ4v) is 3.46. The van der Waals surface area contributed by atoms with Gasteiger partial charge in [0.1, 0.15) is 23.1 Å². The standard InChI is InChI=1S/C20H23N3O3/c1-15-5-6-19(26-15)18(22-9-11-25-12-10-22)14-23-8-7-21-20(23)16-3-2-4-17(24)13-16/h2-8,13,18,24H,9-12,14H2,1H3/t18-/m1/s1. The van der Waals surface area contributed by atoms with E-state index in [9.17, 15) is 5.11 Å². The Morgan fingerprint density at radius 2 is 2.04 bits per heavy atom. The van der Waals surface area contributed by atoms with Gasteiger partial charge in [-0.15, -0.1) is 0 Å². The molecule has 0 aliphatic carbocycles. The molecule has 0 radical (unpaired) electrons. The molecule has 0 bridgehead atoms. The first-order valence-electron chi connectivity index (χ1n) is 8.89. The lowest BCUT2D eigenvalue weighted by molar-refractivity contribution is 0.00745. The number of aromatic nitrogens is 2. The maximum absolute atomic E-state index is 9.80. The van der Waals surface area contributed by atoms with E-state index in [0.29, 0.717) is 0 Å². The first-order chi connectivity index (χ1) is 12.7. The third kappa shape index (κ3) is 3.52. The summed E-state index contributed by atoms with van der Waals surface area (Å²) >= 11 is 0. The largest absolute Gasteiger partial charge is 0.508 e. The van der Waals surface area contributed by atoms with E-state index < -0.39 is 0 Å². The minimum Gasteiger partial charge on any atom is -0.508 e. The normalized spacial score (nSPS) is 16.7. The smallest absolute Gasteiger partial charge is 0.140 e. The van der Waals surface area contributed by atoms with E-state index in [-0.39, 0.29) is 11.8 Å². The van der Waals surface area contributed by atoms with E-state index >= 15 is 0 Å². The summed E-state index contributed by atoms with van der Waals surface area (Å²) < 4.78 is 13.6. The highest BCUT2D eigenvalue weighted by Crippen LogP contribution is 2.28. The Morgan fingerprint density at radius 1 is 1.19 bits per heavy atom. The number of imidazole rings is 1. The molecule has 1 saturated heterocycles. The van der Waals surface area contributed by atoms with Crippen molar-refractivity contribution in [2.75, 3.05) is 26.3 Å². The van der Waals surface area contributed by atoms with Gasteiger partial charge in [0.05, 0.1) is 19.3 Å². The maximum Gasteiger partial charge on any atom is 0.140 e. The number of aromatic hydroxyl groups is 1. The van der Waals surface area contributed by atoms with Crippen molar-refractivity contribution in [1.29, 1.82) is 0 Å². The van der Waals surface area contributed by atoms with Crippen LogP contribution in [0.2, 0.25) is 0 Å². The van der Waals surface area contributed by atoms with E-state index in [1.54, 1.807) is 18.3 Å². The number of phenols is 1. The Balaban J connectivity index is 1.65. The molecule has 0 unspecified atom stereocenters. The van der Waals surface area contributed by atoms with Crippen molar-refractivity contribution in [1.82, 2.24) is 14.5 Å². The number of phenolic OH excluding ortho intramolecular Hbond substituents is 1. The summed E-state index contributed by atoms with van der Waals surface area (Å²) in [5.41, 5.74) is 0.895. The highest BCUT2D eigenvalue weighted by Gasteiger charge is 2.26. The zero-order chi connectivity index (χ0) is 17.9. The molecule has 6 heteroatoms. The zero-order valence-corrected chi connectivity index (χ0v) is 14.8. The molecule has 3 aromatic rings. The molecule has 6 nitrogen and oxygen atoms in total. The summed E-state index contributed by atoms with van der Waals surface area (Å²) in [6.45, 7) is 5.91. The van der Waals surface area contributed by atoms with Gasteiger partial charge in [-0.25, -0.2) is 4.98 Å². The molecule has 1 N–H and O–H groups in total. The van der Waals surface area contributed by atoms with E-state index in [0.717, 1.165) is 55.8 Å². The average Bonchev–Trinajstić information content (AvgIpc) is 3.29. The van der Waals surface area contributed by atoms with Crippen LogP contribution in [-0.2, 0) is 11.3 Å². The van der Waals surface area contributed by atoms with Gasteiger partial charge in [-0.3, -0.25) is 4.90 Å². The van der Waals surface area contributed by atoms with Gasteiger partial charge in [0.2, 0.25) is 0 Å². The first-order valence-corrected chi connectivity index (χ1v) is 8.89. The summed E-state index contributed by atoms with van der Waals surface area (Å²) in [6, 6.07) is 11.4. The number of furan rings is 1. The van der Waals surface area contributed by atoms with E-state index in [4.69, 9.17) is 9.15 Å².